The highest BCUT2D eigenvalue weighted by Gasteiger charge is 2.20. The largest absolute Gasteiger partial charge is 0.454 e. The van der Waals surface area contributed by atoms with E-state index in [-0.39, 0.29) is 11.4 Å². The lowest BCUT2D eigenvalue weighted by Gasteiger charge is -2.12. The van der Waals surface area contributed by atoms with Crippen molar-refractivity contribution in [3.05, 3.63) is 56.2 Å². The van der Waals surface area contributed by atoms with Gasteiger partial charge in [0, 0.05) is 19.3 Å². The number of ketones is 1. The zero-order valence-electron chi connectivity index (χ0n) is 15.2. The van der Waals surface area contributed by atoms with Crippen molar-refractivity contribution in [2.45, 2.75) is 19.8 Å². The number of carbonyl (C=O) groups is 2. The fourth-order valence-corrected chi connectivity index (χ4v) is 2.40. The van der Waals surface area contributed by atoms with Crippen molar-refractivity contribution in [1.29, 1.82) is 0 Å². The molecule has 0 unspecified atom stereocenters. The van der Waals surface area contributed by atoms with Gasteiger partial charge < -0.3 is 15.8 Å². The normalized spacial score (nSPS) is 10.4. The number of carbonyl (C=O) groups excluding carboxylic acids is 2. The minimum Gasteiger partial charge on any atom is -0.454 e. The second-order valence-corrected chi connectivity index (χ2v) is 5.90. The molecule has 9 nitrogen and oxygen atoms in total. The predicted molar refractivity (Wildman–Crippen MR) is 101 cm³/mol. The van der Waals surface area contributed by atoms with Crippen LogP contribution in [0.4, 0.5) is 11.5 Å². The average molecular weight is 374 g/mol. The Morgan fingerprint density at radius 1 is 1.26 bits per heavy atom. The Bertz CT molecular complexity index is 961. The number of esters is 1. The zero-order valence-corrected chi connectivity index (χ0v) is 15.2. The Hall–Kier alpha value is -3.36. The summed E-state index contributed by atoms with van der Waals surface area (Å²) < 4.78 is 5.98. The van der Waals surface area contributed by atoms with Crippen LogP contribution in [0.5, 0.6) is 0 Å². The molecule has 2 aromatic rings. The fourth-order valence-electron chi connectivity index (χ4n) is 2.40. The molecule has 27 heavy (non-hydrogen) atoms. The Kier molecular flexibility index (Phi) is 6.53. The van der Waals surface area contributed by atoms with E-state index in [2.05, 4.69) is 12.2 Å². The number of nitrogens with one attached hydrogen (secondary N) is 2. The van der Waals surface area contributed by atoms with Crippen molar-refractivity contribution in [1.82, 2.24) is 9.55 Å². The molecule has 1 heterocycles. The summed E-state index contributed by atoms with van der Waals surface area (Å²) >= 11 is 0. The third-order valence-electron chi connectivity index (χ3n) is 3.98. The van der Waals surface area contributed by atoms with E-state index in [4.69, 9.17) is 10.5 Å². The molecule has 0 aliphatic rings. The Morgan fingerprint density at radius 3 is 2.67 bits per heavy atom. The molecule has 0 aliphatic heterocycles. The highest BCUT2D eigenvalue weighted by molar-refractivity contribution is 6.03. The minimum atomic E-state index is -0.918. The van der Waals surface area contributed by atoms with Gasteiger partial charge in [-0.1, -0.05) is 25.5 Å². The summed E-state index contributed by atoms with van der Waals surface area (Å²) in [5.41, 5.74) is 4.47. The van der Waals surface area contributed by atoms with E-state index < -0.39 is 35.2 Å². The topological polar surface area (TPSA) is 136 Å². The molecule has 0 atom stereocenters. The number of aromatic amines is 1. The fraction of sp³-hybridized carbons (Fsp3) is 0.333. The van der Waals surface area contributed by atoms with Crippen LogP contribution in [0.2, 0.25) is 0 Å². The van der Waals surface area contributed by atoms with Crippen molar-refractivity contribution >= 4 is 23.3 Å². The second kappa shape index (κ2) is 8.84. The Balaban J connectivity index is 2.13. The van der Waals surface area contributed by atoms with Crippen LogP contribution < -0.4 is 22.3 Å². The summed E-state index contributed by atoms with van der Waals surface area (Å²) in [5, 5.41) is 3.15. The summed E-state index contributed by atoms with van der Waals surface area (Å²) in [6.07, 6.45) is 1.94. The minimum absolute atomic E-state index is 0.281. The van der Waals surface area contributed by atoms with E-state index in [1.54, 1.807) is 24.3 Å². The van der Waals surface area contributed by atoms with Crippen LogP contribution in [0, 0.1) is 0 Å². The lowest BCUT2D eigenvalue weighted by molar-refractivity contribution is 0.0475. The first-order chi connectivity index (χ1) is 12.9. The molecule has 0 bridgehead atoms. The van der Waals surface area contributed by atoms with Gasteiger partial charge in [-0.25, -0.2) is 9.59 Å². The van der Waals surface area contributed by atoms with Gasteiger partial charge in [-0.3, -0.25) is 19.1 Å². The molecule has 0 radical (unpaired) electrons. The molecule has 0 amide bonds. The van der Waals surface area contributed by atoms with E-state index in [1.807, 2.05) is 4.98 Å². The highest BCUT2D eigenvalue weighted by atomic mass is 16.5. The monoisotopic (exact) mass is 374 g/mol. The van der Waals surface area contributed by atoms with Gasteiger partial charge >= 0.3 is 11.7 Å². The molecule has 1 aromatic carbocycles. The maximum absolute atomic E-state index is 12.3. The smallest absolute Gasteiger partial charge is 0.340 e. The van der Waals surface area contributed by atoms with E-state index in [0.717, 1.165) is 17.4 Å². The summed E-state index contributed by atoms with van der Waals surface area (Å²) in [5.74, 6) is -1.79. The molecule has 0 aliphatic carbocycles. The number of aromatic nitrogens is 2. The number of Topliss-reactive ketones (excluding diaryl/α,β-unsaturated/α-hetero) is 1. The SMILES string of the molecule is CCCCNc1ccccc1C(=O)OCC(=O)c1c(N)n(C)c(=O)[nH]c1=O. The van der Waals surface area contributed by atoms with Crippen molar-refractivity contribution in [2.75, 3.05) is 24.2 Å². The van der Waals surface area contributed by atoms with Gasteiger partial charge in [0.15, 0.2) is 6.61 Å². The predicted octanol–water partition coefficient (Wildman–Crippen LogP) is 0.907. The number of rotatable bonds is 8. The highest BCUT2D eigenvalue weighted by Crippen LogP contribution is 2.16. The van der Waals surface area contributed by atoms with E-state index in [9.17, 15) is 19.2 Å². The number of nitrogen functional groups attached to an aromatic ring is 1. The Morgan fingerprint density at radius 2 is 1.96 bits per heavy atom. The molecule has 0 fully saturated rings. The van der Waals surface area contributed by atoms with E-state index in [0.29, 0.717) is 12.2 Å². The maximum Gasteiger partial charge on any atom is 0.340 e. The van der Waals surface area contributed by atoms with Crippen molar-refractivity contribution < 1.29 is 14.3 Å². The molecular formula is C18H22N4O5. The molecule has 4 N–H and O–H groups in total. The Labute approximate surface area is 155 Å². The molecule has 2 rings (SSSR count). The number of anilines is 2. The van der Waals surface area contributed by atoms with Crippen LogP contribution in [0.25, 0.3) is 0 Å². The summed E-state index contributed by atoms with van der Waals surface area (Å²) in [4.78, 5) is 49.9. The van der Waals surface area contributed by atoms with Gasteiger partial charge in [0.1, 0.15) is 11.4 Å². The van der Waals surface area contributed by atoms with E-state index >= 15 is 0 Å². The van der Waals surface area contributed by atoms with Crippen molar-refractivity contribution in [3.8, 4) is 0 Å². The third kappa shape index (κ3) is 4.63. The molecule has 144 valence electrons. The van der Waals surface area contributed by atoms with Crippen LogP contribution in [0.15, 0.2) is 33.9 Å². The molecule has 1 aromatic heterocycles. The van der Waals surface area contributed by atoms with Crippen molar-refractivity contribution in [2.24, 2.45) is 7.05 Å². The van der Waals surface area contributed by atoms with Gasteiger partial charge in [-0.15, -0.1) is 0 Å². The second-order valence-electron chi connectivity index (χ2n) is 5.90. The number of nitrogens with two attached hydrogens (primary N) is 1. The lowest BCUT2D eigenvalue weighted by Crippen LogP contribution is -2.35. The van der Waals surface area contributed by atoms with Crippen LogP contribution in [0.3, 0.4) is 0 Å². The first-order valence-electron chi connectivity index (χ1n) is 8.48. The maximum atomic E-state index is 12.3. The number of H-pyrrole nitrogens is 1. The zero-order chi connectivity index (χ0) is 20.0. The van der Waals surface area contributed by atoms with Crippen LogP contribution in [-0.4, -0.2) is 34.5 Å². The first kappa shape index (κ1) is 20.0. The standard InChI is InChI=1S/C18H22N4O5/c1-3-4-9-20-12-8-6-5-7-11(12)17(25)27-10-13(23)14-15(19)22(2)18(26)21-16(14)24/h5-8,20H,3-4,9-10,19H2,1-2H3,(H,21,24,26). The van der Waals surface area contributed by atoms with Crippen molar-refractivity contribution in [3.63, 3.8) is 0 Å². The first-order valence-corrected chi connectivity index (χ1v) is 8.48. The number of hydrogen-bond acceptors (Lipinski definition) is 7. The number of hydrogen-bond donors (Lipinski definition) is 3. The lowest BCUT2D eigenvalue weighted by atomic mass is 10.1. The number of benzene rings is 1. The molecule has 0 saturated carbocycles. The van der Waals surface area contributed by atoms with Gasteiger partial charge in [0.05, 0.1) is 5.56 Å². The van der Waals surface area contributed by atoms with Gasteiger partial charge in [0.25, 0.3) is 5.56 Å². The van der Waals surface area contributed by atoms with E-state index in [1.165, 1.54) is 7.05 Å². The van der Waals surface area contributed by atoms with Gasteiger partial charge in [-0.2, -0.15) is 0 Å². The summed E-state index contributed by atoms with van der Waals surface area (Å²) in [6.45, 7) is 2.08. The summed E-state index contributed by atoms with van der Waals surface area (Å²) in [6, 6.07) is 6.78. The molecular weight excluding hydrogens is 352 g/mol. The molecule has 9 heteroatoms. The quantitative estimate of drug-likeness (QED) is 0.355. The number of nitrogens with zero attached hydrogens (tertiary/aromatic N) is 1. The molecule has 0 saturated heterocycles. The molecule has 0 spiro atoms. The number of para-hydroxylation sites is 1. The van der Waals surface area contributed by atoms with Gasteiger partial charge in [0.2, 0.25) is 5.78 Å². The number of ether oxygens (including phenoxy) is 1. The van der Waals surface area contributed by atoms with Crippen LogP contribution in [-0.2, 0) is 11.8 Å². The van der Waals surface area contributed by atoms with Crippen LogP contribution in [0.1, 0.15) is 40.5 Å². The number of unbranched alkanes of at least 4 members (excludes halogenated alkanes) is 1. The summed E-state index contributed by atoms with van der Waals surface area (Å²) in [7, 11) is 1.31. The van der Waals surface area contributed by atoms with Crippen LogP contribution >= 0.6 is 0 Å². The van der Waals surface area contributed by atoms with Gasteiger partial charge in [-0.05, 0) is 18.6 Å². The average Bonchev–Trinajstić information content (AvgIpc) is 2.65. The third-order valence-corrected chi connectivity index (χ3v) is 3.98.